The van der Waals surface area contributed by atoms with Crippen molar-refractivity contribution in [2.45, 2.75) is 25.4 Å². The number of hydrogen-bond donors (Lipinski definition) is 1. The molecule has 1 fully saturated rings. The van der Waals surface area contributed by atoms with Crippen LogP contribution in [-0.4, -0.2) is 47.9 Å². The number of nitrogens with zero attached hydrogens (tertiary/aromatic N) is 2. The standard InChI is InChI=1S/C15H18Cl2N2O3/c1-22-18-14(10-2-3-12(16)13(17)8-10)4-5-15(21)19-7-6-11(20)9-19/h2-3,8,11,20H,4-7,9H2,1H3/b18-14+. The zero-order valence-electron chi connectivity index (χ0n) is 12.3. The monoisotopic (exact) mass is 344 g/mol. The fraction of sp³-hybridized carbons (Fsp3) is 0.467. The number of oxime groups is 1. The van der Waals surface area contributed by atoms with Crippen molar-refractivity contribution < 1.29 is 14.7 Å². The van der Waals surface area contributed by atoms with Gasteiger partial charge in [0.2, 0.25) is 5.91 Å². The molecule has 0 bridgehead atoms. The molecule has 2 rings (SSSR count). The van der Waals surface area contributed by atoms with Gasteiger partial charge in [-0.2, -0.15) is 0 Å². The molecule has 22 heavy (non-hydrogen) atoms. The van der Waals surface area contributed by atoms with E-state index in [4.69, 9.17) is 28.0 Å². The van der Waals surface area contributed by atoms with Crippen LogP contribution in [0.5, 0.6) is 0 Å². The van der Waals surface area contributed by atoms with Crippen molar-refractivity contribution in [2.75, 3.05) is 20.2 Å². The predicted molar refractivity (Wildman–Crippen MR) is 86.4 cm³/mol. The maximum atomic E-state index is 12.1. The van der Waals surface area contributed by atoms with Crippen molar-refractivity contribution in [1.82, 2.24) is 4.90 Å². The number of carbonyl (C=O) groups excluding carboxylic acids is 1. The smallest absolute Gasteiger partial charge is 0.223 e. The molecule has 1 unspecified atom stereocenters. The van der Waals surface area contributed by atoms with E-state index in [-0.39, 0.29) is 5.91 Å². The molecule has 0 aliphatic carbocycles. The number of carbonyl (C=O) groups is 1. The first-order valence-electron chi connectivity index (χ1n) is 7.02. The lowest BCUT2D eigenvalue weighted by Crippen LogP contribution is -2.29. The second-order valence-corrected chi connectivity index (χ2v) is 5.95. The van der Waals surface area contributed by atoms with Gasteiger partial charge >= 0.3 is 0 Å². The summed E-state index contributed by atoms with van der Waals surface area (Å²) in [4.78, 5) is 18.6. The number of β-amino-alcohol motifs (C(OH)–C–C–N with tert-alkyl or cyclic N) is 1. The Bertz CT molecular complexity index is 578. The minimum Gasteiger partial charge on any atom is -0.399 e. The van der Waals surface area contributed by atoms with Gasteiger partial charge in [0.25, 0.3) is 0 Å². The SMILES string of the molecule is CO/N=C(\CCC(=O)N1CCC(O)C1)c1ccc(Cl)c(Cl)c1. The average molecular weight is 345 g/mol. The average Bonchev–Trinajstić information content (AvgIpc) is 2.93. The largest absolute Gasteiger partial charge is 0.399 e. The molecule has 120 valence electrons. The van der Waals surface area contributed by atoms with Gasteiger partial charge in [-0.1, -0.05) is 34.4 Å². The number of hydrogen-bond acceptors (Lipinski definition) is 4. The zero-order valence-corrected chi connectivity index (χ0v) is 13.8. The highest BCUT2D eigenvalue weighted by atomic mass is 35.5. The third-order valence-electron chi connectivity index (χ3n) is 3.55. The molecular weight excluding hydrogens is 327 g/mol. The first-order chi connectivity index (χ1) is 10.5. The van der Waals surface area contributed by atoms with Gasteiger partial charge in [-0.15, -0.1) is 0 Å². The van der Waals surface area contributed by atoms with E-state index in [9.17, 15) is 9.90 Å². The second kappa shape index (κ2) is 7.81. The van der Waals surface area contributed by atoms with Gasteiger partial charge in [-0.25, -0.2) is 0 Å². The van der Waals surface area contributed by atoms with Crippen LogP contribution in [0.3, 0.4) is 0 Å². The van der Waals surface area contributed by atoms with Gasteiger partial charge in [0.15, 0.2) is 0 Å². The maximum absolute atomic E-state index is 12.1. The Kier molecular flexibility index (Phi) is 6.06. The number of aliphatic hydroxyl groups is 1. The number of aliphatic hydroxyl groups excluding tert-OH is 1. The predicted octanol–water partition coefficient (Wildman–Crippen LogP) is 2.72. The normalized spacial score (nSPS) is 18.6. The molecular formula is C15H18Cl2N2O3. The Morgan fingerprint density at radius 3 is 2.77 bits per heavy atom. The Morgan fingerprint density at radius 1 is 1.41 bits per heavy atom. The fourth-order valence-electron chi connectivity index (χ4n) is 2.38. The quantitative estimate of drug-likeness (QED) is 0.659. The van der Waals surface area contributed by atoms with Gasteiger partial charge in [0.05, 0.1) is 21.9 Å². The van der Waals surface area contributed by atoms with E-state index in [1.807, 2.05) is 0 Å². The number of rotatable bonds is 5. The summed E-state index contributed by atoms with van der Waals surface area (Å²) in [5.41, 5.74) is 1.40. The van der Waals surface area contributed by atoms with Crippen LogP contribution in [-0.2, 0) is 9.63 Å². The molecule has 7 heteroatoms. The summed E-state index contributed by atoms with van der Waals surface area (Å²) in [5, 5.41) is 14.3. The second-order valence-electron chi connectivity index (χ2n) is 5.13. The minimum absolute atomic E-state index is 0.000383. The van der Waals surface area contributed by atoms with Gasteiger partial charge < -0.3 is 14.8 Å². The van der Waals surface area contributed by atoms with Gasteiger partial charge in [-0.3, -0.25) is 4.79 Å². The topological polar surface area (TPSA) is 62.1 Å². The van der Waals surface area contributed by atoms with Crippen LogP contribution < -0.4 is 0 Å². The van der Waals surface area contributed by atoms with Crippen LogP contribution in [0.25, 0.3) is 0 Å². The summed E-state index contributed by atoms with van der Waals surface area (Å²) in [5.74, 6) is 0.000383. The molecule has 1 aliphatic rings. The summed E-state index contributed by atoms with van der Waals surface area (Å²) in [6, 6.07) is 5.17. The van der Waals surface area contributed by atoms with Crippen LogP contribution in [0.2, 0.25) is 10.0 Å². The minimum atomic E-state index is -0.411. The lowest BCUT2D eigenvalue weighted by molar-refractivity contribution is -0.130. The van der Waals surface area contributed by atoms with Crippen LogP contribution in [0.4, 0.5) is 0 Å². The molecule has 1 atom stereocenters. The number of amides is 1. The van der Waals surface area contributed by atoms with E-state index in [1.165, 1.54) is 7.11 Å². The third-order valence-corrected chi connectivity index (χ3v) is 4.29. The molecule has 0 spiro atoms. The van der Waals surface area contributed by atoms with Crippen molar-refractivity contribution in [1.29, 1.82) is 0 Å². The number of benzene rings is 1. The molecule has 1 amide bonds. The third kappa shape index (κ3) is 4.35. The Balaban J connectivity index is 2.01. The molecule has 5 nitrogen and oxygen atoms in total. The molecule has 0 radical (unpaired) electrons. The summed E-state index contributed by atoms with van der Waals surface area (Å²) < 4.78 is 0. The van der Waals surface area contributed by atoms with Crippen molar-refractivity contribution in [3.63, 3.8) is 0 Å². The molecule has 1 aromatic carbocycles. The zero-order chi connectivity index (χ0) is 16.1. The Morgan fingerprint density at radius 2 is 2.18 bits per heavy atom. The molecule has 1 saturated heterocycles. The van der Waals surface area contributed by atoms with Gasteiger partial charge in [-0.05, 0) is 18.6 Å². The van der Waals surface area contributed by atoms with Gasteiger partial charge in [0.1, 0.15) is 7.11 Å². The van der Waals surface area contributed by atoms with E-state index >= 15 is 0 Å². The lowest BCUT2D eigenvalue weighted by Gasteiger charge is -2.15. The summed E-state index contributed by atoms with van der Waals surface area (Å²) in [6.45, 7) is 1.01. The number of halogens is 2. The molecule has 1 N–H and O–H groups in total. The van der Waals surface area contributed by atoms with E-state index in [2.05, 4.69) is 5.16 Å². The van der Waals surface area contributed by atoms with E-state index in [0.717, 1.165) is 5.56 Å². The van der Waals surface area contributed by atoms with Gasteiger partial charge in [0, 0.05) is 31.5 Å². The molecule has 1 aliphatic heterocycles. The summed E-state index contributed by atoms with van der Waals surface area (Å²) in [6.07, 6.45) is 0.954. The first kappa shape index (κ1) is 17.1. The molecule has 0 aromatic heterocycles. The van der Waals surface area contributed by atoms with Crippen LogP contribution in [0.1, 0.15) is 24.8 Å². The highest BCUT2D eigenvalue weighted by Crippen LogP contribution is 2.24. The van der Waals surface area contributed by atoms with E-state index in [0.29, 0.717) is 48.1 Å². The lowest BCUT2D eigenvalue weighted by atomic mass is 10.1. The summed E-state index contributed by atoms with van der Waals surface area (Å²) >= 11 is 11.9. The molecule has 1 heterocycles. The van der Waals surface area contributed by atoms with Crippen molar-refractivity contribution in [3.8, 4) is 0 Å². The van der Waals surface area contributed by atoms with E-state index in [1.54, 1.807) is 23.1 Å². The molecule has 0 saturated carbocycles. The van der Waals surface area contributed by atoms with Crippen molar-refractivity contribution in [2.24, 2.45) is 5.16 Å². The van der Waals surface area contributed by atoms with E-state index < -0.39 is 6.10 Å². The maximum Gasteiger partial charge on any atom is 0.223 e. The van der Waals surface area contributed by atoms with Crippen LogP contribution in [0.15, 0.2) is 23.4 Å². The van der Waals surface area contributed by atoms with Crippen LogP contribution in [0, 0.1) is 0 Å². The van der Waals surface area contributed by atoms with Crippen LogP contribution >= 0.6 is 23.2 Å². The highest BCUT2D eigenvalue weighted by Gasteiger charge is 2.24. The van der Waals surface area contributed by atoms with Crippen molar-refractivity contribution in [3.05, 3.63) is 33.8 Å². The van der Waals surface area contributed by atoms with Crippen molar-refractivity contribution >= 4 is 34.8 Å². The number of likely N-dealkylation sites (tertiary alicyclic amines) is 1. The fourth-order valence-corrected chi connectivity index (χ4v) is 2.68. The molecule has 1 aromatic rings. The summed E-state index contributed by atoms with van der Waals surface area (Å²) in [7, 11) is 1.45. The first-order valence-corrected chi connectivity index (χ1v) is 7.78. The highest BCUT2D eigenvalue weighted by molar-refractivity contribution is 6.42. The Labute approximate surface area is 139 Å². The Hall–Kier alpha value is -1.30.